The second-order valence-corrected chi connectivity index (χ2v) is 6.16. The molecule has 0 saturated carbocycles. The molecule has 2 aromatic rings. The molecule has 0 saturated heterocycles. The van der Waals surface area contributed by atoms with Crippen LogP contribution in [0.5, 0.6) is 0 Å². The third-order valence-electron chi connectivity index (χ3n) is 3.98. The molecule has 0 spiro atoms. The second kappa shape index (κ2) is 5.48. The van der Waals surface area contributed by atoms with Crippen molar-refractivity contribution in [3.8, 4) is 0 Å². The highest BCUT2D eigenvalue weighted by Crippen LogP contribution is 2.33. The van der Waals surface area contributed by atoms with Crippen molar-refractivity contribution in [2.75, 3.05) is 0 Å². The number of nitrogens with one attached hydrogen (secondary N) is 1. The number of fused-ring (bicyclic) bond motifs is 1. The van der Waals surface area contributed by atoms with E-state index in [0.717, 1.165) is 6.54 Å². The molecule has 0 radical (unpaired) electrons. The van der Waals surface area contributed by atoms with Crippen molar-refractivity contribution in [2.24, 2.45) is 0 Å². The summed E-state index contributed by atoms with van der Waals surface area (Å²) in [6.45, 7) is 3.13. The van der Waals surface area contributed by atoms with Crippen molar-refractivity contribution < 1.29 is 0 Å². The fraction of sp³-hybridized carbons (Fsp3) is 0.294. The Morgan fingerprint density at radius 2 is 2.05 bits per heavy atom. The summed E-state index contributed by atoms with van der Waals surface area (Å²) in [5.74, 6) is 0. The van der Waals surface area contributed by atoms with Crippen molar-refractivity contribution in [1.82, 2.24) is 5.32 Å². The van der Waals surface area contributed by atoms with Crippen LogP contribution in [0.25, 0.3) is 0 Å². The summed E-state index contributed by atoms with van der Waals surface area (Å²) >= 11 is 3.55. The van der Waals surface area contributed by atoms with E-state index in [1.807, 2.05) is 0 Å². The molecule has 1 aliphatic rings. The first kappa shape index (κ1) is 12.9. The molecule has 1 N–H and O–H groups in total. The molecule has 98 valence electrons. The van der Waals surface area contributed by atoms with Crippen LogP contribution in [0, 0.1) is 6.92 Å². The lowest BCUT2D eigenvalue weighted by atomic mass is 10.1. The van der Waals surface area contributed by atoms with Gasteiger partial charge >= 0.3 is 0 Å². The molecule has 0 aliphatic heterocycles. The average Bonchev–Trinajstić information content (AvgIpc) is 2.80. The van der Waals surface area contributed by atoms with E-state index in [0.29, 0.717) is 6.04 Å². The second-order valence-electron chi connectivity index (χ2n) is 5.24. The molecule has 19 heavy (non-hydrogen) atoms. The van der Waals surface area contributed by atoms with Crippen LogP contribution in [0.3, 0.4) is 0 Å². The SMILES string of the molecule is Cc1ccccc1CNC1CCc2cc(Br)ccc21. The van der Waals surface area contributed by atoms with Crippen molar-refractivity contribution in [3.05, 3.63) is 69.2 Å². The van der Waals surface area contributed by atoms with Gasteiger partial charge in [0.2, 0.25) is 0 Å². The smallest absolute Gasteiger partial charge is 0.0329 e. The van der Waals surface area contributed by atoms with Gasteiger partial charge in [0.1, 0.15) is 0 Å². The first-order valence-corrected chi connectivity index (χ1v) is 7.59. The minimum Gasteiger partial charge on any atom is -0.306 e. The normalized spacial score (nSPS) is 17.5. The van der Waals surface area contributed by atoms with Crippen molar-refractivity contribution in [3.63, 3.8) is 0 Å². The molecule has 2 aromatic carbocycles. The molecule has 1 atom stereocenters. The summed E-state index contributed by atoms with van der Waals surface area (Å²) in [5.41, 5.74) is 5.71. The highest BCUT2D eigenvalue weighted by atomic mass is 79.9. The Labute approximate surface area is 123 Å². The van der Waals surface area contributed by atoms with Crippen molar-refractivity contribution in [2.45, 2.75) is 32.4 Å². The molecular weight excluding hydrogens is 298 g/mol. The van der Waals surface area contributed by atoms with E-state index in [1.165, 1.54) is 39.6 Å². The van der Waals surface area contributed by atoms with Gasteiger partial charge in [-0.05, 0) is 54.2 Å². The van der Waals surface area contributed by atoms with E-state index in [1.54, 1.807) is 0 Å². The fourth-order valence-electron chi connectivity index (χ4n) is 2.84. The maximum Gasteiger partial charge on any atom is 0.0329 e. The van der Waals surface area contributed by atoms with Crippen molar-refractivity contribution in [1.29, 1.82) is 0 Å². The van der Waals surface area contributed by atoms with Crippen LogP contribution in [-0.4, -0.2) is 0 Å². The van der Waals surface area contributed by atoms with Crippen molar-refractivity contribution >= 4 is 15.9 Å². The van der Waals surface area contributed by atoms with E-state index in [4.69, 9.17) is 0 Å². The minimum atomic E-state index is 0.503. The number of aryl methyl sites for hydroxylation is 2. The van der Waals surface area contributed by atoms with E-state index >= 15 is 0 Å². The lowest BCUT2D eigenvalue weighted by molar-refractivity contribution is 0.529. The van der Waals surface area contributed by atoms with Gasteiger partial charge in [-0.1, -0.05) is 46.3 Å². The summed E-state index contributed by atoms with van der Waals surface area (Å²) in [4.78, 5) is 0. The molecule has 3 rings (SSSR count). The maximum atomic E-state index is 3.70. The van der Waals surface area contributed by atoms with Crippen LogP contribution < -0.4 is 5.32 Å². The van der Waals surface area contributed by atoms with Gasteiger partial charge < -0.3 is 5.32 Å². The van der Waals surface area contributed by atoms with E-state index < -0.39 is 0 Å². The zero-order valence-electron chi connectivity index (χ0n) is 11.1. The highest BCUT2D eigenvalue weighted by molar-refractivity contribution is 9.10. The number of halogens is 1. The molecule has 1 unspecified atom stereocenters. The largest absolute Gasteiger partial charge is 0.306 e. The quantitative estimate of drug-likeness (QED) is 0.877. The monoisotopic (exact) mass is 315 g/mol. The predicted molar refractivity (Wildman–Crippen MR) is 83.2 cm³/mol. The number of rotatable bonds is 3. The van der Waals surface area contributed by atoms with Crippen LogP contribution in [-0.2, 0) is 13.0 Å². The lowest BCUT2D eigenvalue weighted by Crippen LogP contribution is -2.19. The Hall–Kier alpha value is -1.12. The molecule has 0 bridgehead atoms. The standard InChI is InChI=1S/C17H18BrN/c1-12-4-2-3-5-14(12)11-19-17-9-6-13-10-15(18)7-8-16(13)17/h2-5,7-8,10,17,19H,6,9,11H2,1H3. The molecule has 0 heterocycles. The van der Waals surface area contributed by atoms with E-state index in [-0.39, 0.29) is 0 Å². The van der Waals surface area contributed by atoms with Gasteiger partial charge in [0.25, 0.3) is 0 Å². The Kier molecular flexibility index (Phi) is 3.72. The number of hydrogen-bond donors (Lipinski definition) is 1. The summed E-state index contributed by atoms with van der Waals surface area (Å²) in [5, 5.41) is 3.70. The Balaban J connectivity index is 1.72. The van der Waals surface area contributed by atoms with Crippen LogP contribution in [0.4, 0.5) is 0 Å². The van der Waals surface area contributed by atoms with Gasteiger partial charge in [0.15, 0.2) is 0 Å². The summed E-state index contributed by atoms with van der Waals surface area (Å²) < 4.78 is 1.19. The van der Waals surface area contributed by atoms with Crippen LogP contribution >= 0.6 is 15.9 Å². The lowest BCUT2D eigenvalue weighted by Gasteiger charge is -2.15. The third kappa shape index (κ3) is 2.75. The summed E-state index contributed by atoms with van der Waals surface area (Å²) in [6.07, 6.45) is 2.39. The van der Waals surface area contributed by atoms with Crippen LogP contribution in [0.1, 0.15) is 34.7 Å². The molecular formula is C17H18BrN. The maximum absolute atomic E-state index is 3.70. The molecule has 1 aliphatic carbocycles. The Morgan fingerprint density at radius 1 is 1.21 bits per heavy atom. The Bertz CT molecular complexity index is 592. The third-order valence-corrected chi connectivity index (χ3v) is 4.48. The molecule has 1 nitrogen and oxygen atoms in total. The van der Waals surface area contributed by atoms with E-state index in [9.17, 15) is 0 Å². The van der Waals surface area contributed by atoms with E-state index in [2.05, 4.69) is 70.6 Å². The van der Waals surface area contributed by atoms with Gasteiger partial charge in [-0.15, -0.1) is 0 Å². The first-order chi connectivity index (χ1) is 9.24. The minimum absolute atomic E-state index is 0.503. The van der Waals surface area contributed by atoms with Crippen LogP contribution in [0.2, 0.25) is 0 Å². The molecule has 0 amide bonds. The zero-order chi connectivity index (χ0) is 13.2. The average molecular weight is 316 g/mol. The number of benzene rings is 2. The van der Waals surface area contributed by atoms with Gasteiger partial charge in [-0.3, -0.25) is 0 Å². The molecule has 0 fully saturated rings. The van der Waals surface area contributed by atoms with Gasteiger partial charge in [-0.2, -0.15) is 0 Å². The Morgan fingerprint density at radius 3 is 2.89 bits per heavy atom. The topological polar surface area (TPSA) is 12.0 Å². The first-order valence-electron chi connectivity index (χ1n) is 6.80. The molecule has 2 heteroatoms. The van der Waals surface area contributed by atoms with Gasteiger partial charge in [-0.25, -0.2) is 0 Å². The highest BCUT2D eigenvalue weighted by Gasteiger charge is 2.21. The fourth-order valence-corrected chi connectivity index (χ4v) is 3.25. The summed E-state index contributed by atoms with van der Waals surface area (Å²) in [7, 11) is 0. The van der Waals surface area contributed by atoms with Gasteiger partial charge in [0, 0.05) is 17.1 Å². The zero-order valence-corrected chi connectivity index (χ0v) is 12.7. The van der Waals surface area contributed by atoms with Gasteiger partial charge in [0.05, 0.1) is 0 Å². The number of hydrogen-bond acceptors (Lipinski definition) is 1. The van der Waals surface area contributed by atoms with Crippen LogP contribution in [0.15, 0.2) is 46.9 Å². The predicted octanol–water partition coefficient (Wildman–Crippen LogP) is 4.53. The molecule has 0 aromatic heterocycles. The summed E-state index contributed by atoms with van der Waals surface area (Å²) in [6, 6.07) is 15.8.